The van der Waals surface area contributed by atoms with Crippen molar-refractivity contribution in [3.8, 4) is 16.3 Å². The zero-order chi connectivity index (χ0) is 21.8. The minimum atomic E-state index is -1.01. The van der Waals surface area contributed by atoms with Gasteiger partial charge in [-0.1, -0.05) is 12.1 Å². The van der Waals surface area contributed by atoms with Crippen molar-refractivity contribution in [1.29, 1.82) is 0 Å². The number of hydrogen-bond acceptors (Lipinski definition) is 7. The van der Waals surface area contributed by atoms with Gasteiger partial charge in [0.2, 0.25) is 0 Å². The number of hydrogen-bond donors (Lipinski definition) is 2. The zero-order valence-electron chi connectivity index (χ0n) is 17.3. The monoisotopic (exact) mass is 434 g/mol. The number of thiophene rings is 1. The predicted molar refractivity (Wildman–Crippen MR) is 122 cm³/mol. The largest absolute Gasteiger partial charge is 0.492 e. The van der Waals surface area contributed by atoms with Crippen LogP contribution in [0.3, 0.4) is 0 Å². The average Bonchev–Trinajstić information content (AvgIpc) is 3.20. The van der Waals surface area contributed by atoms with E-state index in [1.807, 2.05) is 25.1 Å². The van der Waals surface area contributed by atoms with Crippen molar-refractivity contribution < 1.29 is 14.6 Å². The number of pyridine rings is 1. The molecule has 0 saturated carbocycles. The van der Waals surface area contributed by atoms with Crippen molar-refractivity contribution in [2.75, 3.05) is 18.5 Å². The van der Waals surface area contributed by atoms with E-state index in [9.17, 15) is 9.90 Å². The first kappa shape index (κ1) is 20.7. The molecule has 0 aliphatic heterocycles. The van der Waals surface area contributed by atoms with Gasteiger partial charge >= 0.3 is 5.97 Å². The first-order valence-electron chi connectivity index (χ1n) is 9.96. The Hall–Kier alpha value is -3.52. The van der Waals surface area contributed by atoms with E-state index in [0.29, 0.717) is 30.4 Å². The Morgan fingerprint density at radius 1 is 1.19 bits per heavy atom. The number of nitrogens with one attached hydrogen (secondary N) is 1. The average molecular weight is 435 g/mol. The van der Waals surface area contributed by atoms with Gasteiger partial charge in [0.1, 0.15) is 17.9 Å². The lowest BCUT2D eigenvalue weighted by atomic mass is 10.00. The quantitative estimate of drug-likeness (QED) is 0.411. The molecule has 8 heteroatoms. The number of rotatable bonds is 8. The second-order valence-corrected chi connectivity index (χ2v) is 7.99. The molecule has 2 N–H and O–H groups in total. The van der Waals surface area contributed by atoms with Gasteiger partial charge in [-0.15, -0.1) is 11.3 Å². The summed E-state index contributed by atoms with van der Waals surface area (Å²) in [6, 6.07) is 11.7. The minimum Gasteiger partial charge on any atom is -0.492 e. The van der Waals surface area contributed by atoms with Gasteiger partial charge in [0.05, 0.1) is 22.7 Å². The molecule has 0 aliphatic carbocycles. The summed E-state index contributed by atoms with van der Waals surface area (Å²) >= 11 is 1.14. The van der Waals surface area contributed by atoms with Gasteiger partial charge in [0.15, 0.2) is 4.88 Å². The summed E-state index contributed by atoms with van der Waals surface area (Å²) in [5.41, 5.74) is 4.14. The van der Waals surface area contributed by atoms with Crippen LogP contribution in [0.15, 0.2) is 48.9 Å². The van der Waals surface area contributed by atoms with Crippen LogP contribution in [0.1, 0.15) is 27.7 Å². The number of anilines is 1. The summed E-state index contributed by atoms with van der Waals surface area (Å²) in [4.78, 5) is 25.4. The third-order valence-corrected chi connectivity index (χ3v) is 6.05. The SMILES string of the molecule is CCOc1cc(-c2cc(NCCc3c(C)ccc4ncccc34)ncn2)sc1C(=O)O. The number of nitrogens with zero attached hydrogens (tertiary/aromatic N) is 3. The molecule has 0 atom stereocenters. The molecular formula is C23H22N4O3S. The van der Waals surface area contributed by atoms with E-state index in [1.54, 1.807) is 12.3 Å². The fraction of sp³-hybridized carbons (Fsp3) is 0.217. The summed E-state index contributed by atoms with van der Waals surface area (Å²) in [6.45, 7) is 5.03. The molecule has 7 nitrogen and oxygen atoms in total. The number of carbonyl (C=O) groups is 1. The number of aromatic nitrogens is 3. The van der Waals surface area contributed by atoms with Crippen LogP contribution in [0.2, 0.25) is 0 Å². The smallest absolute Gasteiger partial charge is 0.349 e. The van der Waals surface area contributed by atoms with E-state index in [0.717, 1.165) is 33.5 Å². The molecule has 0 spiro atoms. The van der Waals surface area contributed by atoms with Crippen LogP contribution >= 0.6 is 11.3 Å². The number of ether oxygens (including phenoxy) is 1. The molecular weight excluding hydrogens is 412 g/mol. The Morgan fingerprint density at radius 2 is 2.06 bits per heavy atom. The third kappa shape index (κ3) is 4.49. The van der Waals surface area contributed by atoms with Crippen LogP contribution in [0.5, 0.6) is 5.75 Å². The van der Waals surface area contributed by atoms with E-state index in [1.165, 1.54) is 17.5 Å². The summed E-state index contributed by atoms with van der Waals surface area (Å²) in [5, 5.41) is 13.9. The number of fused-ring (bicyclic) bond motifs is 1. The molecule has 1 aromatic carbocycles. The molecule has 4 aromatic rings. The standard InChI is InChI=1S/C23H22N4O3S/c1-3-30-19-12-20(31-22(19)23(28)29)18-11-21(27-13-26-18)25-10-8-15-14(2)6-7-17-16(15)5-4-9-24-17/h4-7,9,11-13H,3,8,10H2,1-2H3,(H,28,29)(H,25,26,27). The van der Waals surface area contributed by atoms with Crippen LogP contribution in [0.4, 0.5) is 5.82 Å². The Labute approximate surface area is 183 Å². The maximum absolute atomic E-state index is 11.5. The summed E-state index contributed by atoms with van der Waals surface area (Å²) in [6.07, 6.45) is 4.11. The lowest BCUT2D eigenvalue weighted by Crippen LogP contribution is -2.08. The fourth-order valence-electron chi connectivity index (χ4n) is 3.47. The van der Waals surface area contributed by atoms with Crippen molar-refractivity contribution in [3.63, 3.8) is 0 Å². The molecule has 0 radical (unpaired) electrons. The first-order valence-corrected chi connectivity index (χ1v) is 10.8. The first-order chi connectivity index (χ1) is 15.1. The second kappa shape index (κ2) is 9.09. The number of aryl methyl sites for hydroxylation is 1. The van der Waals surface area contributed by atoms with Gasteiger partial charge in [-0.25, -0.2) is 14.8 Å². The number of aromatic carboxylic acids is 1. The maximum Gasteiger partial charge on any atom is 0.349 e. The fourth-order valence-corrected chi connectivity index (χ4v) is 4.38. The predicted octanol–water partition coefficient (Wildman–Crippen LogP) is 4.81. The normalized spacial score (nSPS) is 10.9. The van der Waals surface area contributed by atoms with E-state index in [4.69, 9.17) is 4.74 Å². The van der Waals surface area contributed by atoms with E-state index in [-0.39, 0.29) is 4.88 Å². The molecule has 0 fully saturated rings. The highest BCUT2D eigenvalue weighted by molar-refractivity contribution is 7.17. The van der Waals surface area contributed by atoms with Gasteiger partial charge in [-0.2, -0.15) is 0 Å². The van der Waals surface area contributed by atoms with Crippen LogP contribution in [0, 0.1) is 6.92 Å². The molecule has 31 heavy (non-hydrogen) atoms. The van der Waals surface area contributed by atoms with Crippen molar-refractivity contribution in [2.45, 2.75) is 20.3 Å². The second-order valence-electron chi connectivity index (χ2n) is 6.94. The zero-order valence-corrected chi connectivity index (χ0v) is 18.1. The Bertz CT molecular complexity index is 1240. The van der Waals surface area contributed by atoms with Crippen LogP contribution in [0.25, 0.3) is 21.5 Å². The molecule has 0 bridgehead atoms. The lowest BCUT2D eigenvalue weighted by molar-refractivity contribution is 0.0698. The number of benzene rings is 1. The highest BCUT2D eigenvalue weighted by atomic mass is 32.1. The molecule has 158 valence electrons. The van der Waals surface area contributed by atoms with Gasteiger partial charge < -0.3 is 15.2 Å². The molecule has 0 unspecified atom stereocenters. The minimum absolute atomic E-state index is 0.171. The highest BCUT2D eigenvalue weighted by Crippen LogP contribution is 2.36. The molecule has 0 aliphatic rings. The van der Waals surface area contributed by atoms with Crippen LogP contribution in [-0.2, 0) is 6.42 Å². The molecule has 3 aromatic heterocycles. The lowest BCUT2D eigenvalue weighted by Gasteiger charge is -2.11. The van der Waals surface area contributed by atoms with Crippen LogP contribution in [-0.4, -0.2) is 39.2 Å². The third-order valence-electron chi connectivity index (χ3n) is 4.92. The Morgan fingerprint density at radius 3 is 2.87 bits per heavy atom. The van der Waals surface area contributed by atoms with Crippen molar-refractivity contribution in [1.82, 2.24) is 15.0 Å². The summed E-state index contributed by atoms with van der Waals surface area (Å²) in [7, 11) is 0. The molecule has 0 saturated heterocycles. The van der Waals surface area contributed by atoms with Gasteiger partial charge in [-0.05, 0) is 43.5 Å². The van der Waals surface area contributed by atoms with Gasteiger partial charge in [0, 0.05) is 30.3 Å². The number of carboxylic acid groups (broad SMARTS) is 1. The van der Waals surface area contributed by atoms with E-state index in [2.05, 4.69) is 39.3 Å². The van der Waals surface area contributed by atoms with Crippen molar-refractivity contribution in [3.05, 3.63) is 64.9 Å². The highest BCUT2D eigenvalue weighted by Gasteiger charge is 2.18. The van der Waals surface area contributed by atoms with Crippen molar-refractivity contribution in [2.24, 2.45) is 0 Å². The summed E-state index contributed by atoms with van der Waals surface area (Å²) in [5.74, 6) is 0.0412. The Balaban J connectivity index is 1.51. The molecule has 0 amide bonds. The summed E-state index contributed by atoms with van der Waals surface area (Å²) < 4.78 is 5.46. The molecule has 3 heterocycles. The number of carboxylic acids is 1. The van der Waals surface area contributed by atoms with E-state index >= 15 is 0 Å². The van der Waals surface area contributed by atoms with Crippen molar-refractivity contribution >= 4 is 34.0 Å². The molecule has 4 rings (SSSR count). The van der Waals surface area contributed by atoms with Crippen LogP contribution < -0.4 is 10.1 Å². The van der Waals surface area contributed by atoms with E-state index < -0.39 is 5.97 Å². The Kier molecular flexibility index (Phi) is 6.08. The van der Waals surface area contributed by atoms with Gasteiger partial charge in [-0.3, -0.25) is 4.98 Å². The maximum atomic E-state index is 11.5. The van der Waals surface area contributed by atoms with Gasteiger partial charge in [0.25, 0.3) is 0 Å². The topological polar surface area (TPSA) is 97.2 Å².